The van der Waals surface area contributed by atoms with E-state index in [-0.39, 0.29) is 18.5 Å². The molecule has 0 spiro atoms. The Labute approximate surface area is 156 Å². The van der Waals surface area contributed by atoms with Gasteiger partial charge in [-0.1, -0.05) is 62.4 Å². The lowest BCUT2D eigenvalue weighted by molar-refractivity contribution is 0.0825. The summed E-state index contributed by atoms with van der Waals surface area (Å²) in [5.41, 5.74) is 1.91. The standard InChI is InChI=1S/C20H26N2O2.ClH/c1-3-22(4-2)16-19(15-17-11-7-5-8-12-17)24-20(23)21-18-13-9-6-10-14-18;/h5-14,19H,3-4,15-16H2,1-2H3,(H,21,23);1H. The van der Waals surface area contributed by atoms with Gasteiger partial charge in [-0.25, -0.2) is 4.79 Å². The molecule has 0 bridgehead atoms. The average molecular weight is 363 g/mol. The minimum atomic E-state index is -0.408. The number of carbonyl (C=O) groups is 1. The molecule has 25 heavy (non-hydrogen) atoms. The first-order valence-corrected chi connectivity index (χ1v) is 8.50. The number of benzene rings is 2. The van der Waals surface area contributed by atoms with Gasteiger partial charge in [-0.3, -0.25) is 5.32 Å². The fourth-order valence-electron chi connectivity index (χ4n) is 2.61. The normalized spacial score (nSPS) is 11.5. The van der Waals surface area contributed by atoms with Gasteiger partial charge in [-0.05, 0) is 30.8 Å². The van der Waals surface area contributed by atoms with Crippen LogP contribution < -0.4 is 5.32 Å². The number of hydrogen-bond acceptors (Lipinski definition) is 3. The van der Waals surface area contributed by atoms with Crippen LogP contribution in [0.1, 0.15) is 19.4 Å². The van der Waals surface area contributed by atoms with Crippen LogP contribution in [0.4, 0.5) is 10.5 Å². The van der Waals surface area contributed by atoms with Crippen LogP contribution in [0.2, 0.25) is 0 Å². The van der Waals surface area contributed by atoms with Gasteiger partial charge in [0.15, 0.2) is 0 Å². The number of hydrogen-bond donors (Lipinski definition) is 1. The summed E-state index contributed by atoms with van der Waals surface area (Å²) in [6, 6.07) is 19.5. The Hall–Kier alpha value is -2.04. The van der Waals surface area contributed by atoms with Gasteiger partial charge in [0, 0.05) is 18.7 Å². The Balaban J connectivity index is 0.00000312. The Morgan fingerprint density at radius 3 is 2.12 bits per heavy atom. The van der Waals surface area contributed by atoms with E-state index >= 15 is 0 Å². The van der Waals surface area contributed by atoms with E-state index in [2.05, 4.69) is 36.2 Å². The number of rotatable bonds is 8. The van der Waals surface area contributed by atoms with E-state index in [9.17, 15) is 4.79 Å². The van der Waals surface area contributed by atoms with Gasteiger partial charge in [0.05, 0.1) is 0 Å². The lowest BCUT2D eigenvalue weighted by Crippen LogP contribution is -2.37. The molecule has 1 atom stereocenters. The number of nitrogens with one attached hydrogen (secondary N) is 1. The molecule has 5 heteroatoms. The maximum Gasteiger partial charge on any atom is 0.411 e. The van der Waals surface area contributed by atoms with E-state index in [1.807, 2.05) is 48.5 Å². The topological polar surface area (TPSA) is 41.6 Å². The summed E-state index contributed by atoms with van der Waals surface area (Å²) in [6.07, 6.45) is 0.116. The van der Waals surface area contributed by atoms with Crippen LogP contribution >= 0.6 is 12.4 Å². The van der Waals surface area contributed by atoms with Crippen molar-refractivity contribution in [2.45, 2.75) is 26.4 Å². The largest absolute Gasteiger partial charge is 0.444 e. The van der Waals surface area contributed by atoms with Crippen molar-refractivity contribution < 1.29 is 9.53 Å². The van der Waals surface area contributed by atoms with Gasteiger partial charge >= 0.3 is 6.09 Å². The minimum Gasteiger partial charge on any atom is -0.444 e. The third kappa shape index (κ3) is 7.59. The van der Waals surface area contributed by atoms with Crippen molar-refractivity contribution in [3.63, 3.8) is 0 Å². The molecule has 2 aromatic rings. The van der Waals surface area contributed by atoms with Crippen molar-refractivity contribution in [3.8, 4) is 0 Å². The molecule has 0 aliphatic heterocycles. The van der Waals surface area contributed by atoms with Gasteiger partial charge in [-0.15, -0.1) is 12.4 Å². The van der Waals surface area contributed by atoms with Crippen molar-refractivity contribution in [3.05, 3.63) is 66.2 Å². The van der Waals surface area contributed by atoms with Crippen LogP contribution in [-0.4, -0.2) is 36.7 Å². The quantitative estimate of drug-likeness (QED) is 0.745. The molecule has 2 rings (SSSR count). The van der Waals surface area contributed by atoms with E-state index in [4.69, 9.17) is 4.74 Å². The molecule has 4 nitrogen and oxygen atoms in total. The zero-order chi connectivity index (χ0) is 17.2. The van der Waals surface area contributed by atoms with Crippen LogP contribution in [0.5, 0.6) is 0 Å². The molecule has 0 saturated carbocycles. The van der Waals surface area contributed by atoms with E-state index in [1.54, 1.807) is 0 Å². The molecule has 1 unspecified atom stereocenters. The molecule has 136 valence electrons. The second kappa shape index (κ2) is 11.5. The summed E-state index contributed by atoms with van der Waals surface area (Å²) in [5.74, 6) is 0. The van der Waals surface area contributed by atoms with E-state index in [0.29, 0.717) is 6.42 Å². The van der Waals surface area contributed by atoms with Gasteiger partial charge in [0.2, 0.25) is 0 Å². The molecule has 0 saturated heterocycles. The number of likely N-dealkylation sites (N-methyl/N-ethyl adjacent to an activating group) is 1. The molecule has 0 aliphatic rings. The highest BCUT2D eigenvalue weighted by atomic mass is 35.5. The van der Waals surface area contributed by atoms with Crippen LogP contribution in [-0.2, 0) is 11.2 Å². The maximum absolute atomic E-state index is 12.2. The smallest absolute Gasteiger partial charge is 0.411 e. The van der Waals surface area contributed by atoms with E-state index in [0.717, 1.165) is 25.3 Å². The molecule has 0 radical (unpaired) electrons. The number of amides is 1. The Morgan fingerprint density at radius 2 is 1.56 bits per heavy atom. The zero-order valence-electron chi connectivity index (χ0n) is 14.9. The molecule has 1 amide bonds. The van der Waals surface area contributed by atoms with Gasteiger partial charge < -0.3 is 9.64 Å². The lowest BCUT2D eigenvalue weighted by Gasteiger charge is -2.25. The van der Waals surface area contributed by atoms with Crippen LogP contribution in [0.15, 0.2) is 60.7 Å². The molecule has 0 fully saturated rings. The average Bonchev–Trinajstić information content (AvgIpc) is 2.61. The van der Waals surface area contributed by atoms with Crippen LogP contribution in [0, 0.1) is 0 Å². The lowest BCUT2D eigenvalue weighted by atomic mass is 10.1. The maximum atomic E-state index is 12.2. The van der Waals surface area contributed by atoms with E-state index in [1.165, 1.54) is 5.56 Å². The highest BCUT2D eigenvalue weighted by Gasteiger charge is 2.18. The van der Waals surface area contributed by atoms with Gasteiger partial charge in [0.25, 0.3) is 0 Å². The van der Waals surface area contributed by atoms with Gasteiger partial charge in [0.1, 0.15) is 6.10 Å². The Bertz CT molecular complexity index is 604. The summed E-state index contributed by atoms with van der Waals surface area (Å²) in [4.78, 5) is 14.5. The highest BCUT2D eigenvalue weighted by Crippen LogP contribution is 2.11. The SMILES string of the molecule is CCN(CC)CC(Cc1ccccc1)OC(=O)Nc1ccccc1.Cl. The number of anilines is 1. The Kier molecular flexibility index (Phi) is 9.66. The molecule has 0 aromatic heterocycles. The minimum absolute atomic E-state index is 0. The molecule has 0 heterocycles. The van der Waals surface area contributed by atoms with Crippen molar-refractivity contribution in [2.75, 3.05) is 25.0 Å². The molecule has 2 aromatic carbocycles. The summed E-state index contributed by atoms with van der Waals surface area (Å²) >= 11 is 0. The third-order valence-electron chi connectivity index (χ3n) is 3.96. The fraction of sp³-hybridized carbons (Fsp3) is 0.350. The third-order valence-corrected chi connectivity index (χ3v) is 3.96. The number of nitrogens with zero attached hydrogens (tertiary/aromatic N) is 1. The van der Waals surface area contributed by atoms with Gasteiger partial charge in [-0.2, -0.15) is 0 Å². The van der Waals surface area contributed by atoms with Crippen LogP contribution in [0.3, 0.4) is 0 Å². The second-order valence-electron chi connectivity index (χ2n) is 5.69. The molecule has 0 aliphatic carbocycles. The van der Waals surface area contributed by atoms with Crippen molar-refractivity contribution in [2.24, 2.45) is 0 Å². The van der Waals surface area contributed by atoms with Crippen molar-refractivity contribution >= 4 is 24.2 Å². The first kappa shape index (κ1) is 21.0. The Morgan fingerprint density at radius 1 is 1.00 bits per heavy atom. The number of halogens is 1. The highest BCUT2D eigenvalue weighted by molar-refractivity contribution is 5.85. The predicted octanol–water partition coefficient (Wildman–Crippen LogP) is 4.61. The molecular weight excluding hydrogens is 336 g/mol. The fourth-order valence-corrected chi connectivity index (χ4v) is 2.61. The number of carbonyl (C=O) groups excluding carboxylic acids is 1. The van der Waals surface area contributed by atoms with Crippen molar-refractivity contribution in [1.29, 1.82) is 0 Å². The predicted molar refractivity (Wildman–Crippen MR) is 106 cm³/mol. The summed E-state index contributed by atoms with van der Waals surface area (Å²) in [7, 11) is 0. The second-order valence-corrected chi connectivity index (χ2v) is 5.69. The molecule has 1 N–H and O–H groups in total. The van der Waals surface area contributed by atoms with Crippen molar-refractivity contribution in [1.82, 2.24) is 4.90 Å². The van der Waals surface area contributed by atoms with Crippen LogP contribution in [0.25, 0.3) is 0 Å². The zero-order valence-corrected chi connectivity index (χ0v) is 15.7. The first-order valence-electron chi connectivity index (χ1n) is 8.50. The number of para-hydroxylation sites is 1. The summed E-state index contributed by atoms with van der Waals surface area (Å²) in [5, 5.41) is 2.79. The van der Waals surface area contributed by atoms with E-state index < -0.39 is 6.09 Å². The summed E-state index contributed by atoms with van der Waals surface area (Å²) < 4.78 is 5.70. The number of ether oxygens (including phenoxy) is 1. The molecular formula is C20H27ClN2O2. The summed E-state index contributed by atoms with van der Waals surface area (Å²) in [6.45, 7) is 6.83. The first-order chi connectivity index (χ1) is 11.7. The monoisotopic (exact) mass is 362 g/mol.